The van der Waals surface area contributed by atoms with Gasteiger partial charge >= 0.3 is 0 Å². The summed E-state index contributed by atoms with van der Waals surface area (Å²) in [7, 11) is 0. The molecular weight excluding hydrogens is 414 g/mol. The lowest BCUT2D eigenvalue weighted by Gasteiger charge is -2.39. The maximum absolute atomic E-state index is 13.3. The molecule has 1 N–H and O–H groups in total. The fourth-order valence-corrected chi connectivity index (χ4v) is 3.58. The SMILES string of the molecule is Cc1ncc(CNC(=O)c2cc(-c3ccccc3)cc(C(=O)N3CC(F)(F)C3)c2C)cn1. The van der Waals surface area contributed by atoms with E-state index in [0.717, 1.165) is 16.0 Å². The number of benzene rings is 2. The van der Waals surface area contributed by atoms with Crippen molar-refractivity contribution in [3.05, 3.63) is 82.9 Å². The number of likely N-dealkylation sites (tertiary alicyclic amines) is 1. The lowest BCUT2D eigenvalue weighted by Crippen LogP contribution is -2.58. The van der Waals surface area contributed by atoms with Crippen molar-refractivity contribution in [1.29, 1.82) is 0 Å². The highest BCUT2D eigenvalue weighted by Gasteiger charge is 2.46. The molecule has 1 saturated heterocycles. The van der Waals surface area contributed by atoms with Crippen molar-refractivity contribution in [1.82, 2.24) is 20.2 Å². The molecule has 1 aliphatic heterocycles. The van der Waals surface area contributed by atoms with E-state index in [9.17, 15) is 18.4 Å². The van der Waals surface area contributed by atoms with E-state index < -0.39 is 24.9 Å². The van der Waals surface area contributed by atoms with Crippen molar-refractivity contribution >= 4 is 11.8 Å². The third-order valence-corrected chi connectivity index (χ3v) is 5.41. The van der Waals surface area contributed by atoms with Crippen LogP contribution in [0, 0.1) is 13.8 Å². The van der Waals surface area contributed by atoms with Gasteiger partial charge in [-0.15, -0.1) is 0 Å². The van der Waals surface area contributed by atoms with Gasteiger partial charge < -0.3 is 10.2 Å². The summed E-state index contributed by atoms with van der Waals surface area (Å²) >= 11 is 0. The Morgan fingerprint density at radius 3 is 2.25 bits per heavy atom. The summed E-state index contributed by atoms with van der Waals surface area (Å²) in [6.07, 6.45) is 3.27. The summed E-state index contributed by atoms with van der Waals surface area (Å²) < 4.78 is 26.7. The molecule has 0 radical (unpaired) electrons. The minimum Gasteiger partial charge on any atom is -0.348 e. The molecule has 2 amide bonds. The Labute approximate surface area is 184 Å². The Hall–Kier alpha value is -3.68. The summed E-state index contributed by atoms with van der Waals surface area (Å²) in [4.78, 5) is 35.3. The van der Waals surface area contributed by atoms with Crippen molar-refractivity contribution < 1.29 is 18.4 Å². The first-order valence-electron chi connectivity index (χ1n) is 10.2. The van der Waals surface area contributed by atoms with Gasteiger partial charge in [-0.3, -0.25) is 9.59 Å². The molecule has 0 unspecified atom stereocenters. The number of alkyl halides is 2. The van der Waals surface area contributed by atoms with Crippen LogP contribution in [0.5, 0.6) is 0 Å². The molecule has 0 spiro atoms. The van der Waals surface area contributed by atoms with Crippen molar-refractivity contribution in [2.75, 3.05) is 13.1 Å². The minimum atomic E-state index is -2.86. The third kappa shape index (κ3) is 4.49. The van der Waals surface area contributed by atoms with E-state index >= 15 is 0 Å². The number of aryl methyl sites for hydroxylation is 1. The molecule has 2 heterocycles. The highest BCUT2D eigenvalue weighted by molar-refractivity contribution is 6.04. The average molecular weight is 436 g/mol. The molecule has 0 aliphatic carbocycles. The van der Waals surface area contributed by atoms with Gasteiger partial charge in [0.1, 0.15) is 5.82 Å². The Bertz CT molecular complexity index is 1160. The minimum absolute atomic E-state index is 0.218. The van der Waals surface area contributed by atoms with Crippen LogP contribution in [0.1, 0.15) is 37.7 Å². The number of carbonyl (C=O) groups is 2. The van der Waals surface area contributed by atoms with Gasteiger partial charge in [0.2, 0.25) is 0 Å². The fourth-order valence-electron chi connectivity index (χ4n) is 3.58. The Morgan fingerprint density at radius 2 is 1.62 bits per heavy atom. The molecule has 6 nitrogen and oxygen atoms in total. The second kappa shape index (κ2) is 8.45. The van der Waals surface area contributed by atoms with Gasteiger partial charge in [-0.1, -0.05) is 30.3 Å². The lowest BCUT2D eigenvalue weighted by molar-refractivity contribution is -0.113. The van der Waals surface area contributed by atoms with Crippen LogP contribution in [0.25, 0.3) is 11.1 Å². The normalized spacial score (nSPS) is 14.6. The molecule has 32 heavy (non-hydrogen) atoms. The van der Waals surface area contributed by atoms with E-state index in [2.05, 4.69) is 15.3 Å². The topological polar surface area (TPSA) is 75.2 Å². The second-order valence-corrected chi connectivity index (χ2v) is 7.90. The second-order valence-electron chi connectivity index (χ2n) is 7.90. The summed E-state index contributed by atoms with van der Waals surface area (Å²) in [6, 6.07) is 12.7. The number of hydrogen-bond acceptors (Lipinski definition) is 4. The van der Waals surface area contributed by atoms with Crippen LogP contribution in [0.15, 0.2) is 54.9 Å². The molecule has 0 bridgehead atoms. The molecule has 3 aromatic rings. The molecule has 1 fully saturated rings. The molecule has 0 saturated carbocycles. The first-order chi connectivity index (χ1) is 15.2. The van der Waals surface area contributed by atoms with E-state index in [1.807, 2.05) is 30.3 Å². The third-order valence-electron chi connectivity index (χ3n) is 5.41. The Balaban J connectivity index is 1.66. The standard InChI is InChI=1S/C24H22F2N4O2/c1-15-20(22(31)29-12-17-10-27-16(2)28-11-17)8-19(18-6-4-3-5-7-18)9-21(15)23(32)30-13-24(25,26)14-30/h3-11H,12-14H2,1-2H3,(H,29,31). The molecule has 1 aliphatic rings. The van der Waals surface area contributed by atoms with Crippen LogP contribution in [0.3, 0.4) is 0 Å². The molecule has 2 aromatic carbocycles. The molecule has 1 aromatic heterocycles. The number of rotatable bonds is 5. The van der Waals surface area contributed by atoms with Gasteiger partial charge in [0.25, 0.3) is 17.7 Å². The van der Waals surface area contributed by atoms with Crippen LogP contribution in [0.4, 0.5) is 8.78 Å². The van der Waals surface area contributed by atoms with Crippen molar-refractivity contribution in [2.45, 2.75) is 26.3 Å². The zero-order chi connectivity index (χ0) is 22.9. The summed E-state index contributed by atoms with van der Waals surface area (Å²) in [6.45, 7) is 2.42. The van der Waals surface area contributed by atoms with Crippen LogP contribution in [-0.2, 0) is 6.54 Å². The van der Waals surface area contributed by atoms with Crippen LogP contribution in [-0.4, -0.2) is 45.7 Å². The van der Waals surface area contributed by atoms with Crippen LogP contribution in [0.2, 0.25) is 0 Å². The fraction of sp³-hybridized carbons (Fsp3) is 0.250. The Morgan fingerprint density at radius 1 is 1.00 bits per heavy atom. The van der Waals surface area contributed by atoms with Crippen LogP contribution >= 0.6 is 0 Å². The van der Waals surface area contributed by atoms with Gasteiger partial charge in [-0.05, 0) is 42.7 Å². The average Bonchev–Trinajstić information content (AvgIpc) is 2.77. The monoisotopic (exact) mass is 436 g/mol. The molecular formula is C24H22F2N4O2. The van der Waals surface area contributed by atoms with Gasteiger partial charge in [0.15, 0.2) is 0 Å². The zero-order valence-corrected chi connectivity index (χ0v) is 17.7. The zero-order valence-electron chi connectivity index (χ0n) is 17.7. The van der Waals surface area contributed by atoms with Gasteiger partial charge in [0, 0.05) is 35.6 Å². The molecule has 8 heteroatoms. The van der Waals surface area contributed by atoms with E-state index in [1.54, 1.807) is 38.4 Å². The quantitative estimate of drug-likeness (QED) is 0.661. The smallest absolute Gasteiger partial charge is 0.282 e. The molecule has 164 valence electrons. The van der Waals surface area contributed by atoms with Gasteiger partial charge in [-0.25, -0.2) is 18.7 Å². The number of nitrogens with one attached hydrogen (secondary N) is 1. The number of halogens is 2. The summed E-state index contributed by atoms with van der Waals surface area (Å²) in [5.41, 5.74) is 3.22. The van der Waals surface area contributed by atoms with Gasteiger partial charge in [0.05, 0.1) is 13.1 Å². The van der Waals surface area contributed by atoms with Crippen molar-refractivity contribution in [3.8, 4) is 11.1 Å². The number of hydrogen-bond donors (Lipinski definition) is 1. The highest BCUT2D eigenvalue weighted by Crippen LogP contribution is 2.31. The highest BCUT2D eigenvalue weighted by atomic mass is 19.3. The first kappa shape index (κ1) is 21.5. The predicted octanol–water partition coefficient (Wildman–Crippen LogP) is 3.78. The predicted molar refractivity (Wildman–Crippen MR) is 115 cm³/mol. The van der Waals surface area contributed by atoms with E-state index in [1.165, 1.54) is 0 Å². The van der Waals surface area contributed by atoms with Gasteiger partial charge in [-0.2, -0.15) is 0 Å². The Kier molecular flexibility index (Phi) is 5.69. The first-order valence-corrected chi connectivity index (χ1v) is 10.2. The summed E-state index contributed by atoms with van der Waals surface area (Å²) in [5, 5.41) is 2.83. The lowest BCUT2D eigenvalue weighted by atomic mass is 9.93. The number of aromatic nitrogens is 2. The van der Waals surface area contributed by atoms with Crippen LogP contribution < -0.4 is 5.32 Å². The van der Waals surface area contributed by atoms with Crippen molar-refractivity contribution in [3.63, 3.8) is 0 Å². The largest absolute Gasteiger partial charge is 0.348 e. The van der Waals surface area contributed by atoms with E-state index in [0.29, 0.717) is 22.5 Å². The molecule has 0 atom stereocenters. The van der Waals surface area contributed by atoms with E-state index in [4.69, 9.17) is 0 Å². The maximum atomic E-state index is 13.3. The van der Waals surface area contributed by atoms with Crippen molar-refractivity contribution in [2.24, 2.45) is 0 Å². The maximum Gasteiger partial charge on any atom is 0.282 e. The molecule has 4 rings (SSSR count). The van der Waals surface area contributed by atoms with E-state index in [-0.39, 0.29) is 18.0 Å². The number of amides is 2. The summed E-state index contributed by atoms with van der Waals surface area (Å²) in [5.74, 6) is -3.11. The number of nitrogens with zero attached hydrogens (tertiary/aromatic N) is 3. The number of carbonyl (C=O) groups excluding carboxylic acids is 2.